The Morgan fingerprint density at radius 3 is 2.74 bits per heavy atom. The van der Waals surface area contributed by atoms with Gasteiger partial charge in [0.1, 0.15) is 11.6 Å². The van der Waals surface area contributed by atoms with E-state index < -0.39 is 0 Å². The maximum atomic E-state index is 6.05. The predicted octanol–water partition coefficient (Wildman–Crippen LogP) is 3.13. The Morgan fingerprint density at radius 1 is 1.21 bits per heavy atom. The Bertz CT molecular complexity index is 746. The van der Waals surface area contributed by atoms with Crippen LogP contribution in [0.25, 0.3) is 22.4 Å². The van der Waals surface area contributed by atoms with E-state index >= 15 is 0 Å². The number of anilines is 1. The van der Waals surface area contributed by atoms with E-state index in [-0.39, 0.29) is 0 Å². The number of imidazole rings is 1. The quantitative estimate of drug-likeness (QED) is 0.690. The number of benzene rings is 2. The van der Waals surface area contributed by atoms with Crippen LogP contribution in [0.4, 0.5) is 5.69 Å². The monoisotopic (exact) mass is 253 g/mol. The van der Waals surface area contributed by atoms with Gasteiger partial charge in [-0.1, -0.05) is 12.1 Å². The fourth-order valence-electron chi connectivity index (χ4n) is 2.19. The van der Waals surface area contributed by atoms with Gasteiger partial charge in [-0.3, -0.25) is 0 Å². The molecule has 1 heterocycles. The van der Waals surface area contributed by atoms with Crippen molar-refractivity contribution in [2.24, 2.45) is 0 Å². The van der Waals surface area contributed by atoms with Gasteiger partial charge >= 0.3 is 0 Å². The largest absolute Gasteiger partial charge is 0.497 e. The van der Waals surface area contributed by atoms with E-state index in [4.69, 9.17) is 10.5 Å². The number of aromatic amines is 1. The number of aryl methyl sites for hydroxylation is 1. The van der Waals surface area contributed by atoms with Crippen LogP contribution in [0.15, 0.2) is 36.4 Å². The first-order chi connectivity index (χ1) is 9.19. The molecule has 3 aromatic rings. The zero-order valence-corrected chi connectivity index (χ0v) is 10.9. The predicted molar refractivity (Wildman–Crippen MR) is 77.2 cm³/mol. The number of methoxy groups -OCH3 is 1. The summed E-state index contributed by atoms with van der Waals surface area (Å²) in [4.78, 5) is 7.92. The van der Waals surface area contributed by atoms with Gasteiger partial charge in [0.15, 0.2) is 0 Å². The van der Waals surface area contributed by atoms with Crippen LogP contribution in [0, 0.1) is 6.92 Å². The highest BCUT2D eigenvalue weighted by molar-refractivity contribution is 5.84. The number of hydrogen-bond acceptors (Lipinski definition) is 3. The number of nitrogen functional groups attached to an aromatic ring is 1. The molecule has 0 saturated carbocycles. The number of nitrogens with one attached hydrogen (secondary N) is 1. The van der Waals surface area contributed by atoms with Crippen LogP contribution in [-0.4, -0.2) is 17.1 Å². The molecule has 0 amide bonds. The Hall–Kier alpha value is -2.49. The molecule has 3 rings (SSSR count). The molecule has 4 heteroatoms. The first kappa shape index (κ1) is 11.6. The topological polar surface area (TPSA) is 63.9 Å². The van der Waals surface area contributed by atoms with E-state index in [1.54, 1.807) is 13.2 Å². The molecule has 0 spiro atoms. The van der Waals surface area contributed by atoms with E-state index in [0.717, 1.165) is 33.7 Å². The van der Waals surface area contributed by atoms with Crippen molar-refractivity contribution < 1.29 is 4.74 Å². The van der Waals surface area contributed by atoms with Gasteiger partial charge in [-0.05, 0) is 30.7 Å². The molecule has 1 aromatic heterocycles. The van der Waals surface area contributed by atoms with Crippen molar-refractivity contribution in [2.75, 3.05) is 12.8 Å². The number of ether oxygens (including phenoxy) is 1. The highest BCUT2D eigenvalue weighted by Gasteiger charge is 2.10. The van der Waals surface area contributed by atoms with E-state index in [0.29, 0.717) is 5.69 Å². The Kier molecular flexibility index (Phi) is 2.63. The maximum Gasteiger partial charge on any atom is 0.140 e. The Balaban J connectivity index is 2.16. The average molecular weight is 253 g/mol. The third-order valence-corrected chi connectivity index (χ3v) is 3.23. The van der Waals surface area contributed by atoms with Crippen LogP contribution in [-0.2, 0) is 0 Å². The third-order valence-electron chi connectivity index (χ3n) is 3.23. The van der Waals surface area contributed by atoms with Gasteiger partial charge < -0.3 is 15.5 Å². The van der Waals surface area contributed by atoms with Crippen LogP contribution in [0.3, 0.4) is 0 Å². The lowest BCUT2D eigenvalue weighted by atomic mass is 10.1. The lowest BCUT2D eigenvalue weighted by molar-refractivity contribution is 0.415. The highest BCUT2D eigenvalue weighted by Crippen LogP contribution is 2.29. The van der Waals surface area contributed by atoms with Crippen molar-refractivity contribution in [3.63, 3.8) is 0 Å². The molecule has 96 valence electrons. The van der Waals surface area contributed by atoms with Crippen molar-refractivity contribution in [3.8, 4) is 17.1 Å². The van der Waals surface area contributed by atoms with Crippen LogP contribution in [0.1, 0.15) is 5.56 Å². The van der Waals surface area contributed by atoms with Gasteiger partial charge in [0.25, 0.3) is 0 Å². The second-order valence-electron chi connectivity index (χ2n) is 4.51. The summed E-state index contributed by atoms with van der Waals surface area (Å²) in [6.45, 7) is 2.05. The molecule has 3 N–H and O–H groups in total. The van der Waals surface area contributed by atoms with E-state index in [2.05, 4.69) is 9.97 Å². The zero-order valence-electron chi connectivity index (χ0n) is 10.9. The second-order valence-corrected chi connectivity index (χ2v) is 4.51. The summed E-state index contributed by atoms with van der Waals surface area (Å²) in [5.74, 6) is 1.53. The molecule has 19 heavy (non-hydrogen) atoms. The van der Waals surface area contributed by atoms with Crippen molar-refractivity contribution in [1.82, 2.24) is 9.97 Å². The molecule has 0 aliphatic rings. The fourth-order valence-corrected chi connectivity index (χ4v) is 2.19. The number of nitrogens with zero attached hydrogens (tertiary/aromatic N) is 1. The smallest absolute Gasteiger partial charge is 0.140 e. The average Bonchev–Trinajstić information content (AvgIpc) is 2.83. The van der Waals surface area contributed by atoms with Gasteiger partial charge in [-0.2, -0.15) is 0 Å². The first-order valence-electron chi connectivity index (χ1n) is 6.08. The van der Waals surface area contributed by atoms with Crippen LogP contribution in [0.2, 0.25) is 0 Å². The number of para-hydroxylation sites is 1. The van der Waals surface area contributed by atoms with Crippen molar-refractivity contribution >= 4 is 16.7 Å². The summed E-state index contributed by atoms with van der Waals surface area (Å²) in [6.07, 6.45) is 0. The van der Waals surface area contributed by atoms with Crippen LogP contribution < -0.4 is 10.5 Å². The zero-order chi connectivity index (χ0) is 13.4. The lowest BCUT2D eigenvalue weighted by Crippen LogP contribution is -1.93. The minimum Gasteiger partial charge on any atom is -0.497 e. The highest BCUT2D eigenvalue weighted by atomic mass is 16.5. The molecule has 0 bridgehead atoms. The van der Waals surface area contributed by atoms with Gasteiger partial charge in [0.2, 0.25) is 0 Å². The molecular weight excluding hydrogens is 238 g/mol. The maximum absolute atomic E-state index is 6.05. The summed E-state index contributed by atoms with van der Waals surface area (Å²) >= 11 is 0. The molecular formula is C15H15N3O. The second kappa shape index (κ2) is 4.31. The number of rotatable bonds is 2. The number of fused-ring (bicyclic) bond motifs is 1. The van der Waals surface area contributed by atoms with Crippen molar-refractivity contribution in [2.45, 2.75) is 6.92 Å². The SMILES string of the molecule is COc1ccc(-c2nc3c(C)cccc3[nH]2)c(N)c1. The number of aromatic nitrogens is 2. The summed E-state index contributed by atoms with van der Waals surface area (Å²) < 4.78 is 5.15. The van der Waals surface area contributed by atoms with Crippen LogP contribution in [0.5, 0.6) is 5.75 Å². The summed E-state index contributed by atoms with van der Waals surface area (Å²) in [7, 11) is 1.62. The van der Waals surface area contributed by atoms with Gasteiger partial charge in [-0.15, -0.1) is 0 Å². The molecule has 0 radical (unpaired) electrons. The summed E-state index contributed by atoms with van der Waals surface area (Å²) in [5.41, 5.74) is 10.7. The van der Waals surface area contributed by atoms with Crippen molar-refractivity contribution in [3.05, 3.63) is 42.0 Å². The molecule has 0 atom stereocenters. The molecule has 0 unspecified atom stereocenters. The Labute approximate surface area is 111 Å². The third kappa shape index (κ3) is 1.91. The van der Waals surface area contributed by atoms with Crippen molar-refractivity contribution in [1.29, 1.82) is 0 Å². The fraction of sp³-hybridized carbons (Fsp3) is 0.133. The molecule has 0 fully saturated rings. The first-order valence-corrected chi connectivity index (χ1v) is 6.08. The van der Waals surface area contributed by atoms with E-state index in [1.165, 1.54) is 0 Å². The van der Waals surface area contributed by atoms with Gasteiger partial charge in [-0.25, -0.2) is 4.98 Å². The van der Waals surface area contributed by atoms with Gasteiger partial charge in [0, 0.05) is 17.3 Å². The van der Waals surface area contributed by atoms with Crippen LogP contribution >= 0.6 is 0 Å². The minimum absolute atomic E-state index is 0.649. The lowest BCUT2D eigenvalue weighted by Gasteiger charge is -2.05. The summed E-state index contributed by atoms with van der Waals surface area (Å²) in [5, 5.41) is 0. The standard InChI is InChI=1S/C15H15N3O/c1-9-4-3-5-13-14(9)18-15(17-13)11-7-6-10(19-2)8-12(11)16/h3-8H,16H2,1-2H3,(H,17,18). The van der Waals surface area contributed by atoms with E-state index in [9.17, 15) is 0 Å². The molecule has 0 saturated heterocycles. The number of H-pyrrole nitrogens is 1. The summed E-state index contributed by atoms with van der Waals surface area (Å²) in [6, 6.07) is 11.7. The molecule has 0 aliphatic heterocycles. The molecule has 4 nitrogen and oxygen atoms in total. The van der Waals surface area contributed by atoms with E-state index in [1.807, 2.05) is 37.3 Å². The number of nitrogens with two attached hydrogens (primary N) is 1. The molecule has 2 aromatic carbocycles. The minimum atomic E-state index is 0.649. The van der Waals surface area contributed by atoms with Gasteiger partial charge in [0.05, 0.1) is 18.1 Å². The Morgan fingerprint density at radius 2 is 2.05 bits per heavy atom. The normalized spacial score (nSPS) is 10.8. The molecule has 0 aliphatic carbocycles. The number of hydrogen-bond donors (Lipinski definition) is 2.